The summed E-state index contributed by atoms with van der Waals surface area (Å²) < 4.78 is 14.0. The summed E-state index contributed by atoms with van der Waals surface area (Å²) in [5.41, 5.74) is 11.8. The van der Waals surface area contributed by atoms with Crippen LogP contribution in [-0.2, 0) is 0 Å². The lowest BCUT2D eigenvalue weighted by Crippen LogP contribution is -2.42. The smallest absolute Gasteiger partial charge is 0.248 e. The molecular formula is C14H20FN3O. The Morgan fingerprint density at radius 3 is 2.84 bits per heavy atom. The van der Waals surface area contributed by atoms with E-state index in [1.807, 2.05) is 11.8 Å². The summed E-state index contributed by atoms with van der Waals surface area (Å²) in [6, 6.07) is 4.50. The first-order chi connectivity index (χ1) is 8.99. The van der Waals surface area contributed by atoms with Gasteiger partial charge in [0.05, 0.1) is 5.69 Å². The summed E-state index contributed by atoms with van der Waals surface area (Å²) in [5.74, 6) is -0.636. The molecule has 2 unspecified atom stereocenters. The molecule has 1 heterocycles. The van der Waals surface area contributed by atoms with Gasteiger partial charge in [0, 0.05) is 24.7 Å². The molecule has 0 radical (unpaired) electrons. The van der Waals surface area contributed by atoms with E-state index in [0.29, 0.717) is 11.6 Å². The molecule has 0 aromatic heterocycles. The molecule has 0 saturated carbocycles. The Labute approximate surface area is 112 Å². The van der Waals surface area contributed by atoms with Gasteiger partial charge in [-0.15, -0.1) is 0 Å². The predicted octanol–water partition coefficient (Wildman–Crippen LogP) is 1.49. The van der Waals surface area contributed by atoms with E-state index in [-0.39, 0.29) is 11.6 Å². The first kappa shape index (κ1) is 13.8. The van der Waals surface area contributed by atoms with Gasteiger partial charge in [0.1, 0.15) is 5.82 Å². The van der Waals surface area contributed by atoms with E-state index in [1.54, 1.807) is 12.1 Å². The van der Waals surface area contributed by atoms with Crippen LogP contribution >= 0.6 is 0 Å². The lowest BCUT2D eigenvalue weighted by molar-refractivity contribution is 0.1000. The fraction of sp³-hybridized carbons (Fsp3) is 0.500. The van der Waals surface area contributed by atoms with Crippen molar-refractivity contribution in [3.8, 4) is 0 Å². The maximum Gasteiger partial charge on any atom is 0.248 e. The first-order valence-corrected chi connectivity index (χ1v) is 6.59. The molecule has 1 amide bonds. The number of hydrogen-bond acceptors (Lipinski definition) is 3. The number of carbonyl (C=O) groups is 1. The molecule has 4 N–H and O–H groups in total. The third kappa shape index (κ3) is 3.04. The third-order valence-electron chi connectivity index (χ3n) is 3.77. The molecule has 1 aliphatic heterocycles. The van der Waals surface area contributed by atoms with Crippen molar-refractivity contribution in [2.24, 2.45) is 17.4 Å². The van der Waals surface area contributed by atoms with Crippen LogP contribution in [0.15, 0.2) is 18.2 Å². The van der Waals surface area contributed by atoms with Crippen molar-refractivity contribution >= 4 is 11.6 Å². The molecule has 19 heavy (non-hydrogen) atoms. The summed E-state index contributed by atoms with van der Waals surface area (Å²) in [6.45, 7) is 3.56. The Balaban J connectivity index is 2.19. The third-order valence-corrected chi connectivity index (χ3v) is 3.77. The Morgan fingerprint density at radius 2 is 2.26 bits per heavy atom. The molecule has 4 nitrogen and oxygen atoms in total. The van der Waals surface area contributed by atoms with Crippen LogP contribution in [0.1, 0.15) is 30.1 Å². The highest BCUT2D eigenvalue weighted by Crippen LogP contribution is 2.27. The van der Waals surface area contributed by atoms with Gasteiger partial charge in [0.25, 0.3) is 0 Å². The minimum atomic E-state index is -0.613. The van der Waals surface area contributed by atoms with Gasteiger partial charge in [-0.1, -0.05) is 0 Å². The van der Waals surface area contributed by atoms with Crippen LogP contribution in [0.25, 0.3) is 0 Å². The minimum absolute atomic E-state index is 0.107. The highest BCUT2D eigenvalue weighted by molar-refractivity contribution is 5.93. The van der Waals surface area contributed by atoms with Crippen LogP contribution in [0.4, 0.5) is 10.1 Å². The van der Waals surface area contributed by atoms with E-state index in [0.717, 1.165) is 25.9 Å². The summed E-state index contributed by atoms with van der Waals surface area (Å²) >= 11 is 0. The summed E-state index contributed by atoms with van der Waals surface area (Å²) in [6.07, 6.45) is 2.08. The van der Waals surface area contributed by atoms with Crippen molar-refractivity contribution in [3.05, 3.63) is 29.6 Å². The number of halogens is 1. The summed E-state index contributed by atoms with van der Waals surface area (Å²) in [4.78, 5) is 13.0. The summed E-state index contributed by atoms with van der Waals surface area (Å²) in [7, 11) is 0. The number of nitrogens with zero attached hydrogens (tertiary/aromatic N) is 1. The lowest BCUT2D eigenvalue weighted by atomic mass is 9.92. The van der Waals surface area contributed by atoms with E-state index >= 15 is 0 Å². The Kier molecular flexibility index (Phi) is 4.04. The average Bonchev–Trinajstić information content (AvgIpc) is 2.38. The number of hydrogen-bond donors (Lipinski definition) is 2. The fourth-order valence-corrected chi connectivity index (χ4v) is 2.57. The van der Waals surface area contributed by atoms with Crippen LogP contribution in [0.3, 0.4) is 0 Å². The highest BCUT2D eigenvalue weighted by Gasteiger charge is 2.24. The number of rotatable bonds is 3. The van der Waals surface area contributed by atoms with Crippen molar-refractivity contribution < 1.29 is 9.18 Å². The minimum Gasteiger partial charge on any atom is -0.369 e. The van der Waals surface area contributed by atoms with Crippen LogP contribution < -0.4 is 16.4 Å². The average molecular weight is 265 g/mol. The quantitative estimate of drug-likeness (QED) is 0.869. The normalized spacial score (nSPS) is 21.2. The van der Waals surface area contributed by atoms with Crippen molar-refractivity contribution in [1.29, 1.82) is 0 Å². The second-order valence-electron chi connectivity index (χ2n) is 5.24. The van der Waals surface area contributed by atoms with Crippen LogP contribution in [0, 0.1) is 11.7 Å². The Hall–Kier alpha value is -1.62. The van der Waals surface area contributed by atoms with Crippen molar-refractivity contribution in [3.63, 3.8) is 0 Å². The molecule has 5 heteroatoms. The molecular weight excluding hydrogens is 245 g/mol. The number of benzene rings is 1. The van der Waals surface area contributed by atoms with E-state index < -0.39 is 11.7 Å². The lowest BCUT2D eigenvalue weighted by Gasteiger charge is -2.36. The van der Waals surface area contributed by atoms with Crippen LogP contribution in [-0.4, -0.2) is 25.0 Å². The Morgan fingerprint density at radius 1 is 1.53 bits per heavy atom. The first-order valence-electron chi connectivity index (χ1n) is 6.59. The number of piperidine rings is 1. The van der Waals surface area contributed by atoms with E-state index in [9.17, 15) is 9.18 Å². The number of amides is 1. The molecule has 0 spiro atoms. The molecule has 104 valence electrons. The van der Waals surface area contributed by atoms with E-state index in [2.05, 4.69) is 0 Å². The van der Waals surface area contributed by atoms with Crippen LogP contribution in [0.2, 0.25) is 0 Å². The van der Waals surface area contributed by atoms with Gasteiger partial charge < -0.3 is 16.4 Å². The summed E-state index contributed by atoms with van der Waals surface area (Å²) in [5, 5.41) is 0. The standard InChI is InChI=1S/C14H20FN3O/c1-9(16)11-3-2-6-18(8-11)13-5-4-10(14(17)19)7-12(13)15/h4-5,7,9,11H,2-3,6,8,16H2,1H3,(H2,17,19). The SMILES string of the molecule is CC(N)C1CCCN(c2ccc(C(N)=O)cc2F)C1. The van der Waals surface area contributed by atoms with Gasteiger partial charge in [0.2, 0.25) is 5.91 Å². The number of primary amides is 1. The molecule has 1 fully saturated rings. The molecule has 1 aliphatic rings. The molecule has 2 rings (SSSR count). The van der Waals surface area contributed by atoms with Gasteiger partial charge >= 0.3 is 0 Å². The Bertz CT molecular complexity index is 476. The zero-order chi connectivity index (χ0) is 14.0. The maximum absolute atomic E-state index is 14.0. The molecule has 1 saturated heterocycles. The second-order valence-corrected chi connectivity index (χ2v) is 5.24. The van der Waals surface area contributed by atoms with E-state index in [1.165, 1.54) is 6.07 Å². The molecule has 2 atom stereocenters. The van der Waals surface area contributed by atoms with Gasteiger partial charge in [0.15, 0.2) is 0 Å². The van der Waals surface area contributed by atoms with Gasteiger partial charge in [-0.2, -0.15) is 0 Å². The van der Waals surface area contributed by atoms with Crippen molar-refractivity contribution in [1.82, 2.24) is 0 Å². The van der Waals surface area contributed by atoms with Crippen molar-refractivity contribution in [2.45, 2.75) is 25.8 Å². The largest absolute Gasteiger partial charge is 0.369 e. The number of anilines is 1. The molecule has 0 aliphatic carbocycles. The van der Waals surface area contributed by atoms with E-state index in [4.69, 9.17) is 11.5 Å². The predicted molar refractivity (Wildman–Crippen MR) is 73.5 cm³/mol. The topological polar surface area (TPSA) is 72.3 Å². The number of carbonyl (C=O) groups excluding carboxylic acids is 1. The highest BCUT2D eigenvalue weighted by atomic mass is 19.1. The van der Waals surface area contributed by atoms with Gasteiger partial charge in [-0.3, -0.25) is 4.79 Å². The van der Waals surface area contributed by atoms with Crippen molar-refractivity contribution in [2.75, 3.05) is 18.0 Å². The molecule has 1 aromatic carbocycles. The van der Waals surface area contributed by atoms with Gasteiger partial charge in [-0.25, -0.2) is 4.39 Å². The second kappa shape index (κ2) is 5.57. The molecule has 0 bridgehead atoms. The van der Waals surface area contributed by atoms with Gasteiger partial charge in [-0.05, 0) is 43.9 Å². The zero-order valence-corrected chi connectivity index (χ0v) is 11.1. The monoisotopic (exact) mass is 265 g/mol. The maximum atomic E-state index is 14.0. The zero-order valence-electron chi connectivity index (χ0n) is 11.1. The molecule has 1 aromatic rings. The number of nitrogens with two attached hydrogens (primary N) is 2. The van der Waals surface area contributed by atoms with Crippen LogP contribution in [0.5, 0.6) is 0 Å². The fourth-order valence-electron chi connectivity index (χ4n) is 2.57.